The topological polar surface area (TPSA) is 42.5 Å². The van der Waals surface area contributed by atoms with Crippen LogP contribution in [0.25, 0.3) is 0 Å². The van der Waals surface area contributed by atoms with E-state index in [1.165, 1.54) is 0 Å². The number of nitrogens with one attached hydrogen (secondary N) is 2. The zero-order valence-electron chi connectivity index (χ0n) is 9.20. The number of hydrogen-bond acceptors (Lipinski definition) is 4. The molecule has 1 heterocycles. The van der Waals surface area contributed by atoms with E-state index in [4.69, 9.17) is 21.1 Å². The summed E-state index contributed by atoms with van der Waals surface area (Å²) < 4.78 is 10.9. The van der Waals surface area contributed by atoms with Crippen LogP contribution < -0.4 is 10.6 Å². The molecule has 2 fully saturated rings. The number of hydrogen-bond donors (Lipinski definition) is 2. The Morgan fingerprint density at radius 1 is 1.07 bits per heavy atom. The monoisotopic (exact) mass is 234 g/mol. The lowest BCUT2D eigenvalue weighted by Gasteiger charge is -2.45. The average Bonchev–Trinajstić information content (AvgIpc) is 2.28. The number of fused-ring (bicyclic) bond motifs is 1. The molecule has 1 aliphatic carbocycles. The molecule has 1 aliphatic heterocycles. The maximum atomic E-state index is 6.26. The van der Waals surface area contributed by atoms with Gasteiger partial charge in [-0.2, -0.15) is 0 Å². The van der Waals surface area contributed by atoms with Gasteiger partial charge in [0.2, 0.25) is 0 Å². The van der Waals surface area contributed by atoms with E-state index in [1.807, 2.05) is 0 Å². The Labute approximate surface area is 95.6 Å². The number of rotatable bonds is 2. The highest BCUT2D eigenvalue weighted by Crippen LogP contribution is 2.33. The maximum Gasteiger partial charge on any atom is 0.0879 e. The van der Waals surface area contributed by atoms with Crippen LogP contribution >= 0.6 is 11.6 Å². The number of methoxy groups -OCH3 is 2. The van der Waals surface area contributed by atoms with Crippen molar-refractivity contribution < 1.29 is 9.47 Å². The Bertz CT molecular complexity index is 218. The van der Waals surface area contributed by atoms with E-state index in [-0.39, 0.29) is 17.7 Å². The van der Waals surface area contributed by atoms with Crippen molar-refractivity contribution in [3.05, 3.63) is 0 Å². The lowest BCUT2D eigenvalue weighted by atomic mass is 9.80. The van der Waals surface area contributed by atoms with Gasteiger partial charge in [0.05, 0.1) is 17.7 Å². The van der Waals surface area contributed by atoms with Crippen molar-refractivity contribution >= 4 is 11.6 Å². The summed E-state index contributed by atoms with van der Waals surface area (Å²) in [5.74, 6) is 0.428. The zero-order valence-corrected chi connectivity index (χ0v) is 9.96. The first-order valence-corrected chi connectivity index (χ1v) is 5.86. The van der Waals surface area contributed by atoms with Gasteiger partial charge in [0.25, 0.3) is 0 Å². The fraction of sp³-hybridized carbons (Fsp3) is 1.00. The molecule has 0 aromatic heterocycles. The van der Waals surface area contributed by atoms with Gasteiger partial charge < -0.3 is 14.8 Å². The minimum absolute atomic E-state index is 0.0479. The maximum absolute atomic E-state index is 6.26. The van der Waals surface area contributed by atoms with Gasteiger partial charge in [0.1, 0.15) is 0 Å². The minimum atomic E-state index is 0.0479. The highest BCUT2D eigenvalue weighted by atomic mass is 35.5. The van der Waals surface area contributed by atoms with Gasteiger partial charge in [0.15, 0.2) is 0 Å². The van der Waals surface area contributed by atoms with Gasteiger partial charge >= 0.3 is 0 Å². The first-order valence-electron chi connectivity index (χ1n) is 5.42. The molecule has 0 spiro atoms. The Balaban J connectivity index is 2.03. The van der Waals surface area contributed by atoms with Crippen molar-refractivity contribution in [1.29, 1.82) is 0 Å². The van der Waals surface area contributed by atoms with E-state index in [0.717, 1.165) is 19.5 Å². The van der Waals surface area contributed by atoms with Gasteiger partial charge in [-0.25, -0.2) is 0 Å². The van der Waals surface area contributed by atoms with Crippen LogP contribution in [0.15, 0.2) is 0 Å². The molecule has 1 saturated carbocycles. The second-order valence-electron chi connectivity index (χ2n) is 4.28. The Morgan fingerprint density at radius 2 is 1.73 bits per heavy atom. The largest absolute Gasteiger partial charge is 0.379 e. The smallest absolute Gasteiger partial charge is 0.0879 e. The van der Waals surface area contributed by atoms with Crippen molar-refractivity contribution in [1.82, 2.24) is 10.6 Å². The summed E-state index contributed by atoms with van der Waals surface area (Å²) in [6, 6.07) is 0.449. The van der Waals surface area contributed by atoms with Crippen LogP contribution in [0.4, 0.5) is 0 Å². The number of alkyl halides is 1. The molecule has 0 bridgehead atoms. The molecule has 5 heteroatoms. The first kappa shape index (κ1) is 11.6. The fourth-order valence-electron chi connectivity index (χ4n) is 2.65. The lowest BCUT2D eigenvalue weighted by Crippen LogP contribution is -2.60. The molecule has 4 nitrogen and oxygen atoms in total. The highest BCUT2D eigenvalue weighted by molar-refractivity contribution is 6.20. The van der Waals surface area contributed by atoms with Crippen molar-refractivity contribution in [2.45, 2.75) is 36.6 Å². The van der Waals surface area contributed by atoms with Gasteiger partial charge in [-0.1, -0.05) is 0 Å². The molecule has 0 amide bonds. The first-order chi connectivity index (χ1) is 7.26. The number of ether oxygens (including phenoxy) is 2. The van der Waals surface area contributed by atoms with Crippen molar-refractivity contribution in [3.63, 3.8) is 0 Å². The third kappa shape index (κ3) is 2.29. The van der Waals surface area contributed by atoms with Crippen LogP contribution in [0, 0.1) is 5.92 Å². The van der Waals surface area contributed by atoms with Gasteiger partial charge in [-0.3, -0.25) is 5.32 Å². The summed E-state index contributed by atoms with van der Waals surface area (Å²) in [4.78, 5) is 0. The third-order valence-corrected chi connectivity index (χ3v) is 4.04. The van der Waals surface area contributed by atoms with E-state index in [2.05, 4.69) is 10.6 Å². The van der Waals surface area contributed by atoms with Crippen molar-refractivity contribution in [2.75, 3.05) is 20.9 Å². The molecule has 88 valence electrons. The zero-order chi connectivity index (χ0) is 10.8. The van der Waals surface area contributed by atoms with Gasteiger partial charge in [-0.05, 0) is 12.8 Å². The minimum Gasteiger partial charge on any atom is -0.379 e. The molecule has 0 aromatic rings. The van der Waals surface area contributed by atoms with E-state index in [9.17, 15) is 0 Å². The Kier molecular flexibility index (Phi) is 3.85. The molecule has 2 aliphatic rings. The van der Waals surface area contributed by atoms with Crippen LogP contribution in [0.5, 0.6) is 0 Å². The van der Waals surface area contributed by atoms with Crippen LogP contribution in [-0.4, -0.2) is 44.6 Å². The van der Waals surface area contributed by atoms with E-state index in [0.29, 0.717) is 12.0 Å². The summed E-state index contributed by atoms with van der Waals surface area (Å²) in [7, 11) is 3.49. The molecule has 2 rings (SSSR count). The van der Waals surface area contributed by atoms with Crippen LogP contribution in [0.1, 0.15) is 12.8 Å². The molecule has 15 heavy (non-hydrogen) atoms. The normalized spacial score (nSPS) is 46.2. The molecule has 0 radical (unpaired) electrons. The summed E-state index contributed by atoms with van der Waals surface area (Å²) in [6.07, 6.45) is 2.28. The van der Waals surface area contributed by atoms with Gasteiger partial charge in [-0.15, -0.1) is 11.6 Å². The molecule has 5 unspecified atom stereocenters. The standard InChI is InChI=1S/C10H19ClN2O2/c1-14-8-3-6-7(4-9(8)15-2)12-5-13-10(6)11/h6-10,12-13H,3-5H2,1-2H3. The molecular formula is C10H19ClN2O2. The molecular weight excluding hydrogens is 216 g/mol. The summed E-state index contributed by atoms with van der Waals surface area (Å²) in [5, 5.41) is 6.65. The molecule has 0 aromatic carbocycles. The Morgan fingerprint density at radius 3 is 2.40 bits per heavy atom. The Hall–Kier alpha value is 0.130. The van der Waals surface area contributed by atoms with Crippen LogP contribution in [0.3, 0.4) is 0 Å². The highest BCUT2D eigenvalue weighted by Gasteiger charge is 2.42. The van der Waals surface area contributed by atoms with Gasteiger partial charge in [0, 0.05) is 32.8 Å². The molecule has 5 atom stereocenters. The fourth-order valence-corrected chi connectivity index (χ4v) is 3.01. The van der Waals surface area contributed by atoms with Crippen molar-refractivity contribution in [2.24, 2.45) is 5.92 Å². The SMILES string of the molecule is COC1CC2NCNC(Cl)C2CC1OC. The average molecular weight is 235 g/mol. The predicted molar refractivity (Wildman–Crippen MR) is 58.9 cm³/mol. The lowest BCUT2D eigenvalue weighted by molar-refractivity contribution is -0.0845. The predicted octanol–water partition coefficient (Wildman–Crippen LogP) is 0.510. The van der Waals surface area contributed by atoms with Crippen LogP contribution in [0.2, 0.25) is 0 Å². The van der Waals surface area contributed by atoms with Crippen LogP contribution in [-0.2, 0) is 9.47 Å². The van der Waals surface area contributed by atoms with Crippen molar-refractivity contribution in [3.8, 4) is 0 Å². The summed E-state index contributed by atoms with van der Waals surface area (Å²) in [6.45, 7) is 0.781. The third-order valence-electron chi connectivity index (χ3n) is 3.56. The summed E-state index contributed by atoms with van der Waals surface area (Å²) >= 11 is 6.26. The summed E-state index contributed by atoms with van der Waals surface area (Å²) in [5.41, 5.74) is 0.0479. The van der Waals surface area contributed by atoms with E-state index < -0.39 is 0 Å². The number of halogens is 1. The van der Waals surface area contributed by atoms with E-state index >= 15 is 0 Å². The molecule has 2 N–H and O–H groups in total. The second-order valence-corrected chi connectivity index (χ2v) is 4.75. The van der Waals surface area contributed by atoms with E-state index in [1.54, 1.807) is 14.2 Å². The quantitative estimate of drug-likeness (QED) is 0.540. The second kappa shape index (κ2) is 4.97. The molecule has 1 saturated heterocycles.